The normalized spacial score (nSPS) is 11.5. The van der Waals surface area contributed by atoms with E-state index in [0.717, 1.165) is 21.8 Å². The van der Waals surface area contributed by atoms with Gasteiger partial charge in [0, 0.05) is 8.95 Å². The van der Waals surface area contributed by atoms with Gasteiger partial charge in [0.2, 0.25) is 0 Å². The summed E-state index contributed by atoms with van der Waals surface area (Å²) in [6.45, 7) is 0. The van der Waals surface area contributed by atoms with E-state index >= 15 is 0 Å². The van der Waals surface area contributed by atoms with Crippen LogP contribution in [0.1, 0.15) is 36.8 Å². The number of halogens is 2. The quantitative estimate of drug-likeness (QED) is 0.407. The van der Waals surface area contributed by atoms with E-state index in [2.05, 4.69) is 105 Å². The van der Waals surface area contributed by atoms with Crippen LogP contribution in [-0.4, -0.2) is 0 Å². The Labute approximate surface area is 150 Å². The summed E-state index contributed by atoms with van der Waals surface area (Å²) in [5.41, 5.74) is 2.52. The van der Waals surface area contributed by atoms with Gasteiger partial charge in [0.05, 0.1) is 0 Å². The molecule has 0 nitrogen and oxygen atoms in total. The van der Waals surface area contributed by atoms with Gasteiger partial charge in [-0.15, -0.1) is 0 Å². The highest BCUT2D eigenvalue weighted by Crippen LogP contribution is 2.13. The van der Waals surface area contributed by atoms with Crippen LogP contribution in [0.3, 0.4) is 0 Å². The van der Waals surface area contributed by atoms with Crippen molar-refractivity contribution in [3.05, 3.63) is 80.8 Å². The lowest BCUT2D eigenvalue weighted by atomic mass is 10.1. The lowest BCUT2D eigenvalue weighted by Gasteiger charge is -1.96. The first-order valence-corrected chi connectivity index (χ1v) is 9.17. The van der Waals surface area contributed by atoms with Crippen molar-refractivity contribution in [2.75, 3.05) is 0 Å². The molecule has 0 bridgehead atoms. The van der Waals surface area contributed by atoms with Gasteiger partial charge >= 0.3 is 0 Å². The summed E-state index contributed by atoms with van der Waals surface area (Å²) in [5.74, 6) is 0. The van der Waals surface area contributed by atoms with Crippen molar-refractivity contribution in [1.82, 2.24) is 0 Å². The van der Waals surface area contributed by atoms with Crippen molar-refractivity contribution in [3.63, 3.8) is 0 Å². The lowest BCUT2D eigenvalue weighted by Crippen LogP contribution is -1.75. The van der Waals surface area contributed by atoms with Gasteiger partial charge in [-0.05, 0) is 61.1 Å². The molecule has 0 saturated heterocycles. The van der Waals surface area contributed by atoms with Crippen molar-refractivity contribution in [1.29, 1.82) is 0 Å². The van der Waals surface area contributed by atoms with E-state index in [1.807, 2.05) is 0 Å². The molecule has 22 heavy (non-hydrogen) atoms. The molecule has 0 spiro atoms. The molecular weight excluding hydrogens is 400 g/mol. The second-order valence-corrected chi connectivity index (χ2v) is 7.02. The summed E-state index contributed by atoms with van der Waals surface area (Å²) in [7, 11) is 0. The lowest BCUT2D eigenvalue weighted by molar-refractivity contribution is 0.765. The third-order valence-electron chi connectivity index (χ3n) is 3.35. The first-order chi connectivity index (χ1) is 10.7. The van der Waals surface area contributed by atoms with Crippen LogP contribution in [0.4, 0.5) is 0 Å². The van der Waals surface area contributed by atoms with Gasteiger partial charge < -0.3 is 0 Å². The molecule has 0 unspecified atom stereocenters. The van der Waals surface area contributed by atoms with Crippen molar-refractivity contribution in [2.45, 2.75) is 25.7 Å². The SMILES string of the molecule is Brc1ccc(/C=C/CCCC/C=C/c2ccc(Br)cc2)cc1. The number of benzene rings is 2. The van der Waals surface area contributed by atoms with E-state index in [0.29, 0.717) is 0 Å². The first kappa shape index (κ1) is 17.2. The second-order valence-electron chi connectivity index (χ2n) is 5.19. The number of hydrogen-bond acceptors (Lipinski definition) is 0. The van der Waals surface area contributed by atoms with Crippen LogP contribution in [-0.2, 0) is 0 Å². The maximum atomic E-state index is 3.45. The Morgan fingerprint density at radius 1 is 0.591 bits per heavy atom. The standard InChI is InChI=1S/C20H20Br2/c21-19-13-9-17(10-14-19)7-5-3-1-2-4-6-8-18-11-15-20(22)16-12-18/h5-16H,1-4H2/b7-5+,8-6+. The van der Waals surface area contributed by atoms with Gasteiger partial charge in [-0.1, -0.05) is 80.4 Å². The maximum Gasteiger partial charge on any atom is 0.0175 e. The molecule has 2 heteroatoms. The van der Waals surface area contributed by atoms with E-state index < -0.39 is 0 Å². The minimum Gasteiger partial charge on any atom is -0.0839 e. The topological polar surface area (TPSA) is 0 Å². The van der Waals surface area contributed by atoms with E-state index in [-0.39, 0.29) is 0 Å². The highest BCUT2D eigenvalue weighted by atomic mass is 79.9. The Morgan fingerprint density at radius 3 is 1.32 bits per heavy atom. The zero-order chi connectivity index (χ0) is 15.6. The fourth-order valence-corrected chi connectivity index (χ4v) is 2.64. The van der Waals surface area contributed by atoms with Gasteiger partial charge in [-0.2, -0.15) is 0 Å². The van der Waals surface area contributed by atoms with E-state index in [1.165, 1.54) is 24.0 Å². The average molecular weight is 420 g/mol. The molecule has 0 heterocycles. The van der Waals surface area contributed by atoms with Crippen LogP contribution >= 0.6 is 31.9 Å². The highest BCUT2D eigenvalue weighted by molar-refractivity contribution is 9.10. The molecule has 0 aliphatic rings. The van der Waals surface area contributed by atoms with Crippen molar-refractivity contribution >= 4 is 44.0 Å². The van der Waals surface area contributed by atoms with Crippen LogP contribution < -0.4 is 0 Å². The molecule has 0 N–H and O–H groups in total. The monoisotopic (exact) mass is 418 g/mol. The van der Waals surface area contributed by atoms with Gasteiger partial charge in [0.15, 0.2) is 0 Å². The van der Waals surface area contributed by atoms with E-state index in [4.69, 9.17) is 0 Å². The van der Waals surface area contributed by atoms with E-state index in [1.54, 1.807) is 0 Å². The summed E-state index contributed by atoms with van der Waals surface area (Å²) in [5, 5.41) is 0. The largest absolute Gasteiger partial charge is 0.0839 e. The fourth-order valence-electron chi connectivity index (χ4n) is 2.11. The minimum absolute atomic E-state index is 1.13. The van der Waals surface area contributed by atoms with Crippen LogP contribution in [0.25, 0.3) is 12.2 Å². The summed E-state index contributed by atoms with van der Waals surface area (Å²) in [6.07, 6.45) is 13.7. The maximum absolute atomic E-state index is 3.45. The number of rotatable bonds is 7. The molecule has 0 fully saturated rings. The molecular formula is C20H20Br2. The molecule has 0 atom stereocenters. The predicted molar refractivity (Wildman–Crippen MR) is 105 cm³/mol. The Bertz CT molecular complexity index is 550. The third-order valence-corrected chi connectivity index (χ3v) is 4.41. The van der Waals surface area contributed by atoms with Crippen LogP contribution in [0.15, 0.2) is 69.6 Å². The summed E-state index contributed by atoms with van der Waals surface area (Å²) in [6, 6.07) is 16.8. The molecule has 0 saturated carbocycles. The number of allylic oxidation sites excluding steroid dienone is 2. The van der Waals surface area contributed by atoms with Gasteiger partial charge in [-0.3, -0.25) is 0 Å². The van der Waals surface area contributed by atoms with Crippen molar-refractivity contribution in [2.24, 2.45) is 0 Å². The molecule has 2 aromatic rings. The molecule has 2 rings (SSSR count). The third kappa shape index (κ3) is 6.76. The molecule has 0 aliphatic heterocycles. The molecule has 114 valence electrons. The summed E-state index contributed by atoms with van der Waals surface area (Å²) in [4.78, 5) is 0. The molecule has 0 amide bonds. The first-order valence-electron chi connectivity index (χ1n) is 7.58. The minimum atomic E-state index is 1.13. The van der Waals surface area contributed by atoms with Gasteiger partial charge in [-0.25, -0.2) is 0 Å². The molecule has 0 radical (unpaired) electrons. The summed E-state index contributed by atoms with van der Waals surface area (Å²) < 4.78 is 2.25. The fraction of sp³-hybridized carbons (Fsp3) is 0.200. The number of hydrogen-bond donors (Lipinski definition) is 0. The van der Waals surface area contributed by atoms with Crippen molar-refractivity contribution in [3.8, 4) is 0 Å². The van der Waals surface area contributed by atoms with Gasteiger partial charge in [0.1, 0.15) is 0 Å². The number of unbranched alkanes of at least 4 members (excludes halogenated alkanes) is 3. The average Bonchev–Trinajstić information content (AvgIpc) is 2.53. The zero-order valence-corrected chi connectivity index (χ0v) is 15.7. The highest BCUT2D eigenvalue weighted by Gasteiger charge is 1.89. The molecule has 0 aromatic heterocycles. The predicted octanol–water partition coefficient (Wildman–Crippen LogP) is 7.50. The Balaban J connectivity index is 1.61. The molecule has 2 aromatic carbocycles. The van der Waals surface area contributed by atoms with Crippen LogP contribution in [0.2, 0.25) is 0 Å². The summed E-state index contributed by atoms with van der Waals surface area (Å²) >= 11 is 6.90. The zero-order valence-electron chi connectivity index (χ0n) is 12.5. The van der Waals surface area contributed by atoms with E-state index in [9.17, 15) is 0 Å². The Morgan fingerprint density at radius 2 is 0.955 bits per heavy atom. The van der Waals surface area contributed by atoms with Crippen LogP contribution in [0, 0.1) is 0 Å². The smallest absolute Gasteiger partial charge is 0.0175 e. The Kier molecular flexibility index (Phi) is 7.68. The van der Waals surface area contributed by atoms with Crippen LogP contribution in [0.5, 0.6) is 0 Å². The molecule has 0 aliphatic carbocycles. The van der Waals surface area contributed by atoms with Crippen molar-refractivity contribution < 1.29 is 0 Å². The van der Waals surface area contributed by atoms with Gasteiger partial charge in [0.25, 0.3) is 0 Å². The second kappa shape index (κ2) is 9.81. The Hall–Kier alpha value is -1.12.